The molecule has 14 nitrogen and oxygen atoms in total. The lowest BCUT2D eigenvalue weighted by atomic mass is 9.89. The van der Waals surface area contributed by atoms with E-state index in [1.807, 2.05) is 30.3 Å². The Morgan fingerprint density at radius 3 is 2.08 bits per heavy atom. The molecule has 1 aliphatic carbocycles. The molecular formula is C59H72Cl2N4O10. The number of benzene rings is 4. The summed E-state index contributed by atoms with van der Waals surface area (Å²) in [6.45, 7) is 14.3. The summed E-state index contributed by atoms with van der Waals surface area (Å²) in [5.41, 5.74) is 4.07. The molecule has 0 bridgehead atoms. The van der Waals surface area contributed by atoms with Crippen LogP contribution in [0.25, 0.3) is 10.8 Å². The Morgan fingerprint density at radius 1 is 0.733 bits per heavy atom. The number of carbonyl (C=O) groups is 4. The number of unbranched alkanes of at least 4 members (excludes halogenated alkanes) is 5. The molecule has 1 saturated carbocycles. The minimum Gasteiger partial charge on any atom is -0.495 e. The van der Waals surface area contributed by atoms with Crippen molar-refractivity contribution in [2.75, 3.05) is 105 Å². The third kappa shape index (κ3) is 15.8. The Kier molecular flexibility index (Phi) is 22.2. The van der Waals surface area contributed by atoms with Gasteiger partial charge in [-0.25, -0.2) is 0 Å². The Bertz CT molecular complexity index is 2680. The van der Waals surface area contributed by atoms with Crippen LogP contribution in [0.1, 0.15) is 114 Å². The molecule has 3 aliphatic rings. The summed E-state index contributed by atoms with van der Waals surface area (Å²) >= 11 is 12.9. The van der Waals surface area contributed by atoms with E-state index in [1.54, 1.807) is 38.5 Å². The minimum atomic E-state index is -0.802. The molecule has 1 saturated heterocycles. The van der Waals surface area contributed by atoms with E-state index in [2.05, 4.69) is 27.6 Å². The molecule has 2 heterocycles. The van der Waals surface area contributed by atoms with Gasteiger partial charge in [0.05, 0.1) is 75.1 Å². The van der Waals surface area contributed by atoms with E-state index >= 15 is 0 Å². The van der Waals surface area contributed by atoms with Crippen molar-refractivity contribution >= 4 is 63.2 Å². The predicted octanol–water partition coefficient (Wildman–Crippen LogP) is 10.2. The lowest BCUT2D eigenvalue weighted by Gasteiger charge is -2.34. The zero-order valence-electron chi connectivity index (χ0n) is 43.6. The molecule has 3 amide bonds. The molecule has 0 aromatic heterocycles. The molecule has 4 aromatic carbocycles. The maximum Gasteiger partial charge on any atom is 0.264 e. The van der Waals surface area contributed by atoms with Gasteiger partial charge in [0.1, 0.15) is 5.75 Å². The Morgan fingerprint density at radius 2 is 1.40 bits per heavy atom. The fourth-order valence-corrected chi connectivity index (χ4v) is 10.5. The van der Waals surface area contributed by atoms with Crippen LogP contribution in [-0.4, -0.2) is 144 Å². The van der Waals surface area contributed by atoms with Crippen molar-refractivity contribution in [1.29, 1.82) is 0 Å². The van der Waals surface area contributed by atoms with Crippen LogP contribution in [0, 0.1) is 12.3 Å². The summed E-state index contributed by atoms with van der Waals surface area (Å²) in [5.74, 6) is 3.29. The second-order valence-electron chi connectivity index (χ2n) is 19.4. The van der Waals surface area contributed by atoms with Crippen LogP contribution in [0.5, 0.6) is 17.2 Å². The number of Topliss-reactive ketones (excluding diaryl/α,β-unsaturated/α-hetero) is 1. The third-order valence-electron chi connectivity index (χ3n) is 14.1. The van der Waals surface area contributed by atoms with E-state index in [1.165, 1.54) is 12.8 Å². The molecule has 0 radical (unpaired) electrons. The van der Waals surface area contributed by atoms with Gasteiger partial charge in [-0.15, -0.1) is 6.42 Å². The molecule has 1 unspecified atom stereocenters. The number of piperazine rings is 1. The number of hydrogen-bond acceptors (Lipinski definition) is 12. The highest BCUT2D eigenvalue weighted by Gasteiger charge is 2.45. The standard InChI is InChI=1S/C59H72Cl2N4O10/c1-5-42-19-20-43-37-55(54(71-4)39-47(43)46(42)36-44-38-53(70-3)49(61)40-48(44)60)75-30-14-23-64-26-24-63(25-27-64)22-10-6-7-11-28-72-31-33-74-34-32-73-29-12-8-9-17-56(67)62-50-16-13-15-45-57(50)59(69)65(58(45)68)51-21-18-41(2)35-52(51)66/h1,13,15-16,19-20,37-40,51H,2,6-12,14,17-18,21-36H2,3-4H3,(H,62,67). The van der Waals surface area contributed by atoms with Gasteiger partial charge in [-0.3, -0.25) is 24.1 Å². The van der Waals surface area contributed by atoms with E-state index in [0.717, 1.165) is 116 Å². The maximum atomic E-state index is 13.4. The lowest BCUT2D eigenvalue weighted by molar-refractivity contribution is -0.123. The van der Waals surface area contributed by atoms with Gasteiger partial charge in [-0.1, -0.05) is 72.7 Å². The average molecular weight is 1070 g/mol. The van der Waals surface area contributed by atoms with E-state index in [-0.39, 0.29) is 35.7 Å². The number of halogens is 2. The van der Waals surface area contributed by atoms with E-state index < -0.39 is 17.9 Å². The number of amides is 3. The molecule has 402 valence electrons. The number of hydrogen-bond donors (Lipinski definition) is 1. The highest BCUT2D eigenvalue weighted by Crippen LogP contribution is 2.39. The van der Waals surface area contributed by atoms with Crippen molar-refractivity contribution < 1.29 is 47.6 Å². The number of ketones is 1. The average Bonchev–Trinajstić information content (AvgIpc) is 3.67. The van der Waals surface area contributed by atoms with Crippen molar-refractivity contribution in [2.45, 2.75) is 89.5 Å². The molecular weight excluding hydrogens is 996 g/mol. The van der Waals surface area contributed by atoms with Gasteiger partial charge in [-0.2, -0.15) is 0 Å². The monoisotopic (exact) mass is 1070 g/mol. The van der Waals surface area contributed by atoms with Crippen LogP contribution in [0.4, 0.5) is 5.69 Å². The molecule has 16 heteroatoms. The second kappa shape index (κ2) is 29.1. The van der Waals surface area contributed by atoms with Crippen molar-refractivity contribution in [3.63, 3.8) is 0 Å². The first-order valence-corrected chi connectivity index (χ1v) is 27.2. The van der Waals surface area contributed by atoms with E-state index in [4.69, 9.17) is 58.0 Å². The Labute approximate surface area is 452 Å². The first-order valence-electron chi connectivity index (χ1n) is 26.4. The largest absolute Gasteiger partial charge is 0.495 e. The van der Waals surface area contributed by atoms with Crippen LogP contribution in [0.2, 0.25) is 10.0 Å². The SMILES string of the molecule is C#Cc1ccc2cc(OCCCN3CCN(CCCCCCOCCOCCOCCCCCC(=O)Nc4cccc5c4C(=O)N(C4CCC(=C)CC4=O)C5=O)CC3)c(OC)cc2c1Cc1cc(OC)c(Cl)cc1Cl. The van der Waals surface area contributed by atoms with Crippen molar-refractivity contribution in [1.82, 2.24) is 14.7 Å². The number of terminal acetylenes is 1. The summed E-state index contributed by atoms with van der Waals surface area (Å²) < 4.78 is 34.7. The van der Waals surface area contributed by atoms with Crippen LogP contribution < -0.4 is 19.5 Å². The zero-order chi connectivity index (χ0) is 53.1. The quantitative estimate of drug-likeness (QED) is 0.0230. The molecule has 0 spiro atoms. The second-order valence-corrected chi connectivity index (χ2v) is 20.2. The maximum absolute atomic E-state index is 13.4. The molecule has 2 fully saturated rings. The number of rotatable bonds is 30. The number of fused-ring (bicyclic) bond motifs is 2. The third-order valence-corrected chi connectivity index (χ3v) is 14.8. The van der Waals surface area contributed by atoms with Gasteiger partial charge in [-0.05, 0) is 116 Å². The number of carbonyl (C=O) groups excluding carboxylic acids is 4. The summed E-state index contributed by atoms with van der Waals surface area (Å²) in [5, 5.41) is 5.79. The van der Waals surface area contributed by atoms with E-state index in [9.17, 15) is 19.2 Å². The molecule has 7 rings (SSSR count). The number of methoxy groups -OCH3 is 2. The topological polar surface area (TPSA) is 145 Å². The molecule has 1 atom stereocenters. The molecule has 2 aliphatic heterocycles. The molecule has 75 heavy (non-hydrogen) atoms. The van der Waals surface area contributed by atoms with Crippen LogP contribution in [-0.2, 0) is 30.2 Å². The van der Waals surface area contributed by atoms with Gasteiger partial charge >= 0.3 is 0 Å². The number of anilines is 1. The van der Waals surface area contributed by atoms with Gasteiger partial charge in [0.2, 0.25) is 5.91 Å². The number of allylic oxidation sites excluding steroid dienone is 1. The van der Waals surface area contributed by atoms with Crippen LogP contribution in [0.15, 0.2) is 66.7 Å². The first kappa shape index (κ1) is 57.2. The fourth-order valence-electron chi connectivity index (χ4n) is 9.98. The number of nitrogens with one attached hydrogen (secondary N) is 1. The number of imide groups is 1. The number of ether oxygens (including phenoxy) is 6. The smallest absolute Gasteiger partial charge is 0.264 e. The summed E-state index contributed by atoms with van der Waals surface area (Å²) in [6.07, 6.45) is 15.6. The summed E-state index contributed by atoms with van der Waals surface area (Å²) in [7, 11) is 3.23. The normalized spacial score (nSPS) is 16.1. The van der Waals surface area contributed by atoms with Gasteiger partial charge in [0, 0.05) is 75.8 Å². The van der Waals surface area contributed by atoms with Gasteiger partial charge in [0.25, 0.3) is 11.8 Å². The highest BCUT2D eigenvalue weighted by molar-refractivity contribution is 6.36. The first-order chi connectivity index (χ1) is 36.5. The summed E-state index contributed by atoms with van der Waals surface area (Å²) in [4.78, 5) is 58.1. The molecule has 1 N–H and O–H groups in total. The molecule has 4 aromatic rings. The van der Waals surface area contributed by atoms with Crippen molar-refractivity contribution in [3.05, 3.63) is 105 Å². The van der Waals surface area contributed by atoms with Crippen LogP contribution >= 0.6 is 23.2 Å². The van der Waals surface area contributed by atoms with Crippen molar-refractivity contribution in [3.8, 4) is 29.6 Å². The Balaban J connectivity index is 0.657. The highest BCUT2D eigenvalue weighted by atomic mass is 35.5. The Hall–Kier alpha value is -5.50. The number of nitrogens with zero attached hydrogens (tertiary/aromatic N) is 3. The van der Waals surface area contributed by atoms with Crippen LogP contribution in [0.3, 0.4) is 0 Å². The van der Waals surface area contributed by atoms with E-state index in [0.29, 0.717) is 98.3 Å². The summed E-state index contributed by atoms with van der Waals surface area (Å²) in [6, 6.07) is 15.6. The fraction of sp³-hybridized carbons (Fsp3) is 0.492. The zero-order valence-corrected chi connectivity index (χ0v) is 45.1. The van der Waals surface area contributed by atoms with Gasteiger partial charge < -0.3 is 43.5 Å². The lowest BCUT2D eigenvalue weighted by Crippen LogP contribution is -2.46. The van der Waals surface area contributed by atoms with Crippen molar-refractivity contribution in [2.24, 2.45) is 0 Å². The predicted molar refractivity (Wildman–Crippen MR) is 294 cm³/mol. The van der Waals surface area contributed by atoms with Gasteiger partial charge in [0.15, 0.2) is 17.3 Å². The minimum absolute atomic E-state index is 0.149.